The number of amides is 2. The molecule has 30 heavy (non-hydrogen) atoms. The standard InChI is InChI=1S/C24H20N2O4/c1-29-21-14-8-11-18(22(21)30-16-17-9-4-2-5-10-17)15-20-23(27)25-26(24(20)28)19-12-6-3-7-13-19/h2-15H,16H2,1H3,(H,25,27). The fourth-order valence-corrected chi connectivity index (χ4v) is 3.16. The molecule has 0 aromatic heterocycles. The van der Waals surface area contributed by atoms with E-state index in [2.05, 4.69) is 5.43 Å². The zero-order chi connectivity index (χ0) is 20.9. The van der Waals surface area contributed by atoms with Crippen molar-refractivity contribution in [2.45, 2.75) is 6.61 Å². The number of hydrazine groups is 1. The summed E-state index contributed by atoms with van der Waals surface area (Å²) in [6, 6.07) is 24.0. The van der Waals surface area contributed by atoms with Gasteiger partial charge in [0.1, 0.15) is 12.2 Å². The molecule has 4 rings (SSSR count). The van der Waals surface area contributed by atoms with Crippen LogP contribution in [0.5, 0.6) is 11.5 Å². The second-order valence-corrected chi connectivity index (χ2v) is 6.63. The van der Waals surface area contributed by atoms with Gasteiger partial charge in [0.15, 0.2) is 11.5 Å². The van der Waals surface area contributed by atoms with E-state index in [1.165, 1.54) is 11.1 Å². The summed E-state index contributed by atoms with van der Waals surface area (Å²) in [5.74, 6) is 0.0878. The molecule has 0 saturated carbocycles. The van der Waals surface area contributed by atoms with Gasteiger partial charge in [-0.2, -0.15) is 0 Å². The minimum absolute atomic E-state index is 0.0247. The fraction of sp³-hybridized carbons (Fsp3) is 0.0833. The number of para-hydroxylation sites is 2. The van der Waals surface area contributed by atoms with Gasteiger partial charge >= 0.3 is 0 Å². The highest BCUT2D eigenvalue weighted by molar-refractivity contribution is 6.31. The molecule has 1 heterocycles. The molecule has 1 fully saturated rings. The molecule has 0 radical (unpaired) electrons. The largest absolute Gasteiger partial charge is 0.493 e. The van der Waals surface area contributed by atoms with Crippen LogP contribution in [0.4, 0.5) is 5.69 Å². The third-order valence-corrected chi connectivity index (χ3v) is 4.66. The molecule has 6 nitrogen and oxygen atoms in total. The maximum Gasteiger partial charge on any atom is 0.282 e. The molecule has 3 aromatic rings. The number of carbonyl (C=O) groups excluding carboxylic acids is 2. The maximum atomic E-state index is 12.9. The van der Waals surface area contributed by atoms with Gasteiger partial charge < -0.3 is 9.47 Å². The topological polar surface area (TPSA) is 67.9 Å². The van der Waals surface area contributed by atoms with Crippen LogP contribution in [0.3, 0.4) is 0 Å². The monoisotopic (exact) mass is 400 g/mol. The van der Waals surface area contributed by atoms with Gasteiger partial charge in [0.05, 0.1) is 12.8 Å². The Labute approximate surface area is 174 Å². The number of hydrogen-bond acceptors (Lipinski definition) is 4. The molecule has 3 aromatic carbocycles. The van der Waals surface area contributed by atoms with Gasteiger partial charge in [-0.05, 0) is 29.8 Å². The van der Waals surface area contributed by atoms with E-state index in [-0.39, 0.29) is 5.57 Å². The van der Waals surface area contributed by atoms with Gasteiger partial charge in [-0.1, -0.05) is 60.7 Å². The van der Waals surface area contributed by atoms with Crippen LogP contribution in [0.1, 0.15) is 11.1 Å². The lowest BCUT2D eigenvalue weighted by atomic mass is 10.1. The van der Waals surface area contributed by atoms with Crippen molar-refractivity contribution < 1.29 is 19.1 Å². The lowest BCUT2D eigenvalue weighted by Crippen LogP contribution is -2.35. The van der Waals surface area contributed by atoms with E-state index in [0.717, 1.165) is 5.56 Å². The van der Waals surface area contributed by atoms with Gasteiger partial charge in [0, 0.05) is 5.56 Å². The van der Waals surface area contributed by atoms with E-state index in [1.54, 1.807) is 49.6 Å². The van der Waals surface area contributed by atoms with Crippen molar-refractivity contribution in [2.24, 2.45) is 0 Å². The Morgan fingerprint density at radius 2 is 1.60 bits per heavy atom. The first-order chi connectivity index (χ1) is 14.7. The van der Waals surface area contributed by atoms with Crippen molar-refractivity contribution in [1.29, 1.82) is 0 Å². The van der Waals surface area contributed by atoms with E-state index >= 15 is 0 Å². The van der Waals surface area contributed by atoms with Gasteiger partial charge in [-0.25, -0.2) is 5.01 Å². The van der Waals surface area contributed by atoms with Crippen molar-refractivity contribution in [1.82, 2.24) is 5.43 Å². The van der Waals surface area contributed by atoms with E-state index in [1.807, 2.05) is 36.4 Å². The summed E-state index contributed by atoms with van der Waals surface area (Å²) in [5.41, 5.74) is 4.79. The number of anilines is 1. The van der Waals surface area contributed by atoms with Crippen LogP contribution in [0.25, 0.3) is 6.08 Å². The predicted molar refractivity (Wildman–Crippen MR) is 114 cm³/mol. The Morgan fingerprint density at radius 3 is 2.30 bits per heavy atom. The minimum atomic E-state index is -0.472. The number of nitrogens with zero attached hydrogens (tertiary/aromatic N) is 1. The third kappa shape index (κ3) is 3.89. The zero-order valence-electron chi connectivity index (χ0n) is 16.4. The lowest BCUT2D eigenvalue weighted by molar-refractivity contribution is -0.117. The number of rotatable bonds is 6. The van der Waals surface area contributed by atoms with Crippen molar-refractivity contribution in [3.63, 3.8) is 0 Å². The summed E-state index contributed by atoms with van der Waals surface area (Å²) in [6.07, 6.45) is 1.53. The first-order valence-corrected chi connectivity index (χ1v) is 9.43. The minimum Gasteiger partial charge on any atom is -0.493 e. The Balaban J connectivity index is 1.66. The number of carbonyl (C=O) groups is 2. The summed E-state index contributed by atoms with van der Waals surface area (Å²) in [4.78, 5) is 25.4. The Hall–Kier alpha value is -4.06. The van der Waals surface area contributed by atoms with Crippen molar-refractivity contribution in [3.8, 4) is 11.5 Å². The molecule has 6 heteroatoms. The smallest absolute Gasteiger partial charge is 0.282 e. The highest BCUT2D eigenvalue weighted by Gasteiger charge is 2.34. The summed E-state index contributed by atoms with van der Waals surface area (Å²) >= 11 is 0. The zero-order valence-corrected chi connectivity index (χ0v) is 16.4. The van der Waals surface area contributed by atoms with Gasteiger partial charge in [-0.15, -0.1) is 0 Å². The number of nitrogens with one attached hydrogen (secondary N) is 1. The normalized spacial score (nSPS) is 14.7. The number of hydrogen-bond donors (Lipinski definition) is 1. The molecule has 0 aliphatic carbocycles. The molecule has 1 aliphatic rings. The first kappa shape index (κ1) is 19.3. The average Bonchev–Trinajstić information content (AvgIpc) is 3.07. The van der Waals surface area contributed by atoms with E-state index in [4.69, 9.17) is 9.47 Å². The molecule has 2 amide bonds. The van der Waals surface area contributed by atoms with Crippen LogP contribution in [0, 0.1) is 0 Å². The molecular weight excluding hydrogens is 380 g/mol. The van der Waals surface area contributed by atoms with Crippen LogP contribution < -0.4 is 19.9 Å². The lowest BCUT2D eigenvalue weighted by Gasteiger charge is -2.14. The molecule has 150 valence electrons. The van der Waals surface area contributed by atoms with Crippen LogP contribution in [-0.2, 0) is 16.2 Å². The van der Waals surface area contributed by atoms with Crippen molar-refractivity contribution in [2.75, 3.05) is 12.1 Å². The summed E-state index contributed by atoms with van der Waals surface area (Å²) in [7, 11) is 1.55. The molecule has 0 atom stereocenters. The quantitative estimate of drug-likeness (QED) is 0.506. The van der Waals surface area contributed by atoms with Gasteiger partial charge in [0.2, 0.25) is 0 Å². The predicted octanol–water partition coefficient (Wildman–Crippen LogP) is 3.74. The number of ether oxygens (including phenoxy) is 2. The summed E-state index contributed by atoms with van der Waals surface area (Å²) in [5, 5.41) is 1.23. The molecule has 0 spiro atoms. The number of methoxy groups -OCH3 is 1. The fourth-order valence-electron chi connectivity index (χ4n) is 3.16. The summed E-state index contributed by atoms with van der Waals surface area (Å²) in [6.45, 7) is 0.327. The maximum absolute atomic E-state index is 12.9. The molecule has 0 unspecified atom stereocenters. The van der Waals surface area contributed by atoms with E-state index in [9.17, 15) is 9.59 Å². The number of benzene rings is 3. The SMILES string of the molecule is COc1cccc(C=C2C(=O)NN(c3ccccc3)C2=O)c1OCc1ccccc1. The second-order valence-electron chi connectivity index (χ2n) is 6.63. The van der Waals surface area contributed by atoms with E-state index < -0.39 is 11.8 Å². The van der Waals surface area contributed by atoms with Gasteiger partial charge in [0.25, 0.3) is 11.8 Å². The van der Waals surface area contributed by atoms with Crippen molar-refractivity contribution in [3.05, 3.63) is 95.6 Å². The molecule has 0 bridgehead atoms. The van der Waals surface area contributed by atoms with Crippen LogP contribution in [0.15, 0.2) is 84.4 Å². The van der Waals surface area contributed by atoms with Crippen LogP contribution in [-0.4, -0.2) is 18.9 Å². The molecule has 1 aliphatic heterocycles. The highest BCUT2D eigenvalue weighted by Crippen LogP contribution is 2.34. The average molecular weight is 400 g/mol. The Morgan fingerprint density at radius 1 is 0.900 bits per heavy atom. The summed E-state index contributed by atoms with van der Waals surface area (Å²) < 4.78 is 11.4. The van der Waals surface area contributed by atoms with Crippen molar-refractivity contribution >= 4 is 23.6 Å². The van der Waals surface area contributed by atoms with E-state index in [0.29, 0.717) is 29.4 Å². The van der Waals surface area contributed by atoms with Gasteiger partial charge in [-0.3, -0.25) is 15.0 Å². The molecular formula is C24H20N2O4. The van der Waals surface area contributed by atoms with Crippen LogP contribution in [0.2, 0.25) is 0 Å². The highest BCUT2D eigenvalue weighted by atomic mass is 16.5. The molecule has 1 saturated heterocycles. The Kier molecular flexibility index (Phi) is 5.48. The second kappa shape index (κ2) is 8.53. The first-order valence-electron chi connectivity index (χ1n) is 9.43. The third-order valence-electron chi connectivity index (χ3n) is 4.66. The Bertz CT molecular complexity index is 1090. The molecule has 1 N–H and O–H groups in total. The van der Waals surface area contributed by atoms with Crippen LogP contribution >= 0.6 is 0 Å².